The molecule has 2 aliphatic rings. The van der Waals surface area contributed by atoms with Gasteiger partial charge in [-0.1, -0.05) is 20.3 Å². The van der Waals surface area contributed by atoms with E-state index < -0.39 is 0 Å². The lowest BCUT2D eigenvalue weighted by atomic mass is 9.80. The molecule has 0 spiro atoms. The summed E-state index contributed by atoms with van der Waals surface area (Å²) >= 11 is 0. The average molecular weight is 224 g/mol. The predicted octanol–water partition coefficient (Wildman–Crippen LogP) is 2.78. The molecule has 16 heavy (non-hydrogen) atoms. The van der Waals surface area contributed by atoms with Crippen molar-refractivity contribution in [2.24, 2.45) is 0 Å². The first-order chi connectivity index (χ1) is 7.79. The standard InChI is InChI=1S/C14H28N2/c1-3-14(9-5-6-10-15-14)12-13-8-7-11-16(13)4-2/h13,15H,3-12H2,1-2H3. The summed E-state index contributed by atoms with van der Waals surface area (Å²) in [6.45, 7) is 8.49. The number of rotatable bonds is 4. The number of nitrogens with zero attached hydrogens (tertiary/aromatic N) is 1. The Bertz CT molecular complexity index is 209. The molecule has 2 saturated heterocycles. The Labute approximate surface area is 101 Å². The average Bonchev–Trinajstić information content (AvgIpc) is 2.77. The molecule has 2 heteroatoms. The van der Waals surface area contributed by atoms with Gasteiger partial charge in [0, 0.05) is 11.6 Å². The first-order valence-corrected chi connectivity index (χ1v) is 7.29. The number of nitrogens with one attached hydrogen (secondary N) is 1. The fourth-order valence-electron chi connectivity index (χ4n) is 3.64. The molecule has 2 fully saturated rings. The second-order valence-electron chi connectivity index (χ2n) is 5.65. The second-order valence-corrected chi connectivity index (χ2v) is 5.65. The van der Waals surface area contributed by atoms with E-state index >= 15 is 0 Å². The van der Waals surface area contributed by atoms with Crippen molar-refractivity contribution in [2.45, 2.75) is 70.4 Å². The van der Waals surface area contributed by atoms with Crippen molar-refractivity contribution in [3.8, 4) is 0 Å². The molecule has 2 heterocycles. The van der Waals surface area contributed by atoms with Crippen molar-refractivity contribution in [2.75, 3.05) is 19.6 Å². The molecular formula is C14H28N2. The second kappa shape index (κ2) is 5.50. The number of hydrogen-bond donors (Lipinski definition) is 1. The maximum atomic E-state index is 3.83. The van der Waals surface area contributed by atoms with Gasteiger partial charge >= 0.3 is 0 Å². The molecular weight excluding hydrogens is 196 g/mol. The maximum Gasteiger partial charge on any atom is 0.0193 e. The largest absolute Gasteiger partial charge is 0.311 e. The van der Waals surface area contributed by atoms with Crippen LogP contribution in [0.2, 0.25) is 0 Å². The van der Waals surface area contributed by atoms with E-state index in [4.69, 9.17) is 0 Å². The molecule has 1 N–H and O–H groups in total. The molecule has 0 bridgehead atoms. The SMILES string of the molecule is CCN1CCCC1CC1(CC)CCCCN1. The summed E-state index contributed by atoms with van der Waals surface area (Å²) in [5.41, 5.74) is 0.473. The summed E-state index contributed by atoms with van der Waals surface area (Å²) in [6.07, 6.45) is 9.75. The zero-order valence-corrected chi connectivity index (χ0v) is 11.1. The minimum absolute atomic E-state index is 0.473. The van der Waals surface area contributed by atoms with Crippen molar-refractivity contribution in [3.05, 3.63) is 0 Å². The molecule has 0 aliphatic carbocycles. The third-order valence-electron chi connectivity index (χ3n) is 4.79. The Hall–Kier alpha value is -0.0800. The predicted molar refractivity (Wildman–Crippen MR) is 69.8 cm³/mol. The zero-order valence-electron chi connectivity index (χ0n) is 11.1. The lowest BCUT2D eigenvalue weighted by molar-refractivity contribution is 0.157. The van der Waals surface area contributed by atoms with Crippen molar-refractivity contribution in [1.29, 1.82) is 0 Å². The van der Waals surface area contributed by atoms with Crippen LogP contribution < -0.4 is 5.32 Å². The molecule has 0 saturated carbocycles. The van der Waals surface area contributed by atoms with E-state index in [1.54, 1.807) is 0 Å². The summed E-state index contributed by atoms with van der Waals surface area (Å²) in [6, 6.07) is 0.857. The van der Waals surface area contributed by atoms with Gasteiger partial charge in [0.05, 0.1) is 0 Å². The topological polar surface area (TPSA) is 15.3 Å². The van der Waals surface area contributed by atoms with Crippen molar-refractivity contribution >= 4 is 0 Å². The highest BCUT2D eigenvalue weighted by Gasteiger charge is 2.35. The van der Waals surface area contributed by atoms with Crippen LogP contribution in [0.4, 0.5) is 0 Å². The zero-order chi connectivity index (χ0) is 11.4. The first-order valence-electron chi connectivity index (χ1n) is 7.29. The molecule has 0 aromatic heterocycles. The molecule has 0 amide bonds. The van der Waals surface area contributed by atoms with Gasteiger partial charge in [0.15, 0.2) is 0 Å². The van der Waals surface area contributed by atoms with Crippen LogP contribution in [0, 0.1) is 0 Å². The van der Waals surface area contributed by atoms with Crippen LogP contribution in [0.15, 0.2) is 0 Å². The highest BCUT2D eigenvalue weighted by atomic mass is 15.2. The van der Waals surface area contributed by atoms with E-state index in [0.29, 0.717) is 5.54 Å². The lowest BCUT2D eigenvalue weighted by Crippen LogP contribution is -2.51. The Morgan fingerprint density at radius 1 is 1.25 bits per heavy atom. The van der Waals surface area contributed by atoms with E-state index in [2.05, 4.69) is 24.1 Å². The monoisotopic (exact) mass is 224 g/mol. The van der Waals surface area contributed by atoms with Gasteiger partial charge in [-0.15, -0.1) is 0 Å². The molecule has 0 aromatic rings. The van der Waals surface area contributed by atoms with Crippen LogP contribution in [0.3, 0.4) is 0 Å². The third-order valence-corrected chi connectivity index (χ3v) is 4.79. The normalized spacial score (nSPS) is 36.8. The van der Waals surface area contributed by atoms with Gasteiger partial charge in [0.25, 0.3) is 0 Å². The van der Waals surface area contributed by atoms with Gasteiger partial charge in [-0.25, -0.2) is 0 Å². The van der Waals surface area contributed by atoms with E-state index in [1.807, 2.05) is 0 Å². The van der Waals surface area contributed by atoms with Gasteiger partial charge in [0.1, 0.15) is 0 Å². The molecule has 2 nitrogen and oxygen atoms in total. The van der Waals surface area contributed by atoms with E-state index in [1.165, 1.54) is 64.6 Å². The smallest absolute Gasteiger partial charge is 0.0193 e. The number of likely N-dealkylation sites (tertiary alicyclic amines) is 1. The Balaban J connectivity index is 1.94. The van der Waals surface area contributed by atoms with Gasteiger partial charge < -0.3 is 10.2 Å². The summed E-state index contributed by atoms with van der Waals surface area (Å²) in [5, 5.41) is 3.83. The molecule has 2 unspecified atom stereocenters. The minimum atomic E-state index is 0.473. The van der Waals surface area contributed by atoms with Crippen LogP contribution in [-0.4, -0.2) is 36.1 Å². The quantitative estimate of drug-likeness (QED) is 0.790. The van der Waals surface area contributed by atoms with Crippen molar-refractivity contribution in [3.63, 3.8) is 0 Å². The summed E-state index contributed by atoms with van der Waals surface area (Å²) in [4.78, 5) is 2.69. The molecule has 94 valence electrons. The molecule has 2 aliphatic heterocycles. The molecule has 0 radical (unpaired) electrons. The molecule has 0 aromatic carbocycles. The maximum absolute atomic E-state index is 3.83. The fourth-order valence-corrected chi connectivity index (χ4v) is 3.64. The van der Waals surface area contributed by atoms with Gasteiger partial charge in [0.2, 0.25) is 0 Å². The third kappa shape index (κ3) is 2.60. The summed E-state index contributed by atoms with van der Waals surface area (Å²) < 4.78 is 0. The van der Waals surface area contributed by atoms with E-state index in [9.17, 15) is 0 Å². The number of hydrogen-bond acceptors (Lipinski definition) is 2. The Morgan fingerprint density at radius 2 is 2.12 bits per heavy atom. The van der Waals surface area contributed by atoms with Crippen LogP contribution >= 0.6 is 0 Å². The Morgan fingerprint density at radius 3 is 2.75 bits per heavy atom. The van der Waals surface area contributed by atoms with Gasteiger partial charge in [-0.05, 0) is 58.2 Å². The van der Waals surface area contributed by atoms with E-state index in [0.717, 1.165) is 6.04 Å². The summed E-state index contributed by atoms with van der Waals surface area (Å²) in [7, 11) is 0. The molecule has 2 rings (SSSR count). The van der Waals surface area contributed by atoms with Crippen LogP contribution in [0.5, 0.6) is 0 Å². The minimum Gasteiger partial charge on any atom is -0.311 e. The number of piperidine rings is 1. The summed E-state index contributed by atoms with van der Waals surface area (Å²) in [5.74, 6) is 0. The highest BCUT2D eigenvalue weighted by molar-refractivity contribution is 4.95. The molecule has 2 atom stereocenters. The van der Waals surface area contributed by atoms with Gasteiger partial charge in [-0.2, -0.15) is 0 Å². The van der Waals surface area contributed by atoms with Crippen molar-refractivity contribution in [1.82, 2.24) is 10.2 Å². The fraction of sp³-hybridized carbons (Fsp3) is 1.00. The van der Waals surface area contributed by atoms with Crippen LogP contribution in [-0.2, 0) is 0 Å². The van der Waals surface area contributed by atoms with E-state index in [-0.39, 0.29) is 0 Å². The first kappa shape index (κ1) is 12.4. The van der Waals surface area contributed by atoms with Gasteiger partial charge in [-0.3, -0.25) is 0 Å². The highest BCUT2D eigenvalue weighted by Crippen LogP contribution is 2.32. The van der Waals surface area contributed by atoms with Crippen LogP contribution in [0.1, 0.15) is 58.8 Å². The van der Waals surface area contributed by atoms with Crippen LogP contribution in [0.25, 0.3) is 0 Å². The van der Waals surface area contributed by atoms with Crippen molar-refractivity contribution < 1.29 is 0 Å². The lowest BCUT2D eigenvalue weighted by Gasteiger charge is -2.41. The Kier molecular flexibility index (Phi) is 4.26.